The summed E-state index contributed by atoms with van der Waals surface area (Å²) in [5.74, 6) is 2.79. The zero-order chi connectivity index (χ0) is 18.2. The van der Waals surface area contributed by atoms with Gasteiger partial charge in [-0.15, -0.1) is 0 Å². The Morgan fingerprint density at radius 3 is 2.56 bits per heavy atom. The largest absolute Gasteiger partial charge is 0.496 e. The first kappa shape index (κ1) is 15.9. The number of benzene rings is 1. The van der Waals surface area contributed by atoms with Gasteiger partial charge in [-0.25, -0.2) is 15.0 Å². The molecular weight excluding hydrogens is 340 g/mol. The summed E-state index contributed by atoms with van der Waals surface area (Å²) in [6.45, 7) is 3.59. The highest BCUT2D eigenvalue weighted by atomic mass is 16.5. The van der Waals surface area contributed by atoms with E-state index in [1.165, 1.54) is 0 Å². The van der Waals surface area contributed by atoms with Gasteiger partial charge in [0.2, 0.25) is 0 Å². The molecule has 7 nitrogen and oxygen atoms in total. The average Bonchev–Trinajstić information content (AvgIpc) is 3.13. The lowest BCUT2D eigenvalue weighted by Crippen LogP contribution is -2.47. The van der Waals surface area contributed by atoms with Crippen molar-refractivity contribution in [3.05, 3.63) is 48.9 Å². The molecule has 0 aliphatic carbocycles. The third kappa shape index (κ3) is 2.63. The summed E-state index contributed by atoms with van der Waals surface area (Å²) in [4.78, 5) is 21.7. The standard InChI is InChI=1S/C20H20N6O/c1-27-15-6-4-5-14-17(15)18-19(24-14)20(23-13-22-18)26-11-9-25(10-12-26)16-7-2-3-8-21-16/h2-8,13,24H,9-12H2,1H3. The highest BCUT2D eigenvalue weighted by Crippen LogP contribution is 2.35. The van der Waals surface area contributed by atoms with Gasteiger partial charge in [-0.1, -0.05) is 12.1 Å². The van der Waals surface area contributed by atoms with Crippen LogP contribution in [0.3, 0.4) is 0 Å². The van der Waals surface area contributed by atoms with Crippen LogP contribution in [-0.4, -0.2) is 53.2 Å². The molecule has 0 radical (unpaired) electrons. The Balaban J connectivity index is 1.49. The number of fused-ring (bicyclic) bond motifs is 3. The Morgan fingerprint density at radius 1 is 0.926 bits per heavy atom. The number of hydrogen-bond donors (Lipinski definition) is 1. The number of ether oxygens (including phenoxy) is 1. The number of H-pyrrole nitrogens is 1. The van der Waals surface area contributed by atoms with Gasteiger partial charge >= 0.3 is 0 Å². The van der Waals surface area contributed by atoms with Crippen LogP contribution in [0.5, 0.6) is 5.75 Å². The van der Waals surface area contributed by atoms with E-state index in [1.54, 1.807) is 13.4 Å². The van der Waals surface area contributed by atoms with Crippen LogP contribution in [0.2, 0.25) is 0 Å². The summed E-state index contributed by atoms with van der Waals surface area (Å²) < 4.78 is 5.53. The van der Waals surface area contributed by atoms with E-state index >= 15 is 0 Å². The molecule has 3 aromatic heterocycles. The van der Waals surface area contributed by atoms with Crippen molar-refractivity contribution >= 4 is 33.6 Å². The Kier molecular flexibility index (Phi) is 3.78. The number of piperazine rings is 1. The van der Waals surface area contributed by atoms with Crippen LogP contribution < -0.4 is 14.5 Å². The van der Waals surface area contributed by atoms with Gasteiger partial charge in [-0.05, 0) is 24.3 Å². The van der Waals surface area contributed by atoms with Crippen LogP contribution in [0.25, 0.3) is 21.9 Å². The first-order valence-electron chi connectivity index (χ1n) is 9.05. The molecule has 0 atom stereocenters. The molecule has 0 unspecified atom stereocenters. The molecule has 27 heavy (non-hydrogen) atoms. The molecule has 0 bridgehead atoms. The molecule has 4 heterocycles. The number of nitrogens with zero attached hydrogens (tertiary/aromatic N) is 5. The van der Waals surface area contributed by atoms with Crippen LogP contribution in [-0.2, 0) is 0 Å². The van der Waals surface area contributed by atoms with E-state index in [1.807, 2.05) is 36.5 Å². The Hall–Kier alpha value is -3.35. The number of anilines is 2. The second kappa shape index (κ2) is 6.42. The minimum atomic E-state index is 0.823. The normalized spacial score (nSPS) is 14.9. The lowest BCUT2D eigenvalue weighted by Gasteiger charge is -2.36. The van der Waals surface area contributed by atoms with Gasteiger partial charge in [0.1, 0.15) is 28.9 Å². The molecular formula is C20H20N6O. The van der Waals surface area contributed by atoms with E-state index in [-0.39, 0.29) is 0 Å². The Labute approximate surface area is 156 Å². The summed E-state index contributed by atoms with van der Waals surface area (Å²) in [5.41, 5.74) is 2.88. The quantitative estimate of drug-likeness (QED) is 0.606. The van der Waals surface area contributed by atoms with Gasteiger partial charge in [0, 0.05) is 32.4 Å². The van der Waals surface area contributed by atoms with E-state index in [9.17, 15) is 0 Å². The molecule has 7 heteroatoms. The Morgan fingerprint density at radius 2 is 1.78 bits per heavy atom. The molecule has 1 aromatic carbocycles. The molecule has 1 saturated heterocycles. The zero-order valence-corrected chi connectivity index (χ0v) is 15.1. The van der Waals surface area contributed by atoms with Gasteiger partial charge in [-0.2, -0.15) is 0 Å². The van der Waals surface area contributed by atoms with Crippen molar-refractivity contribution in [2.24, 2.45) is 0 Å². The third-order valence-corrected chi connectivity index (χ3v) is 5.12. The summed E-state index contributed by atoms with van der Waals surface area (Å²) in [6.07, 6.45) is 3.48. The molecule has 0 amide bonds. The number of rotatable bonds is 3. The molecule has 1 aliphatic heterocycles. The fraction of sp³-hybridized carbons (Fsp3) is 0.250. The van der Waals surface area contributed by atoms with Crippen molar-refractivity contribution in [2.75, 3.05) is 43.1 Å². The number of aromatic nitrogens is 4. The smallest absolute Gasteiger partial charge is 0.156 e. The maximum Gasteiger partial charge on any atom is 0.156 e. The predicted octanol–water partition coefficient (Wildman–Crippen LogP) is 2.84. The fourth-order valence-corrected chi connectivity index (χ4v) is 3.79. The van der Waals surface area contributed by atoms with Crippen molar-refractivity contribution in [1.82, 2.24) is 19.9 Å². The lowest BCUT2D eigenvalue weighted by atomic mass is 10.2. The molecule has 1 fully saturated rings. The van der Waals surface area contributed by atoms with Crippen molar-refractivity contribution < 1.29 is 4.74 Å². The van der Waals surface area contributed by atoms with E-state index < -0.39 is 0 Å². The topological polar surface area (TPSA) is 70.2 Å². The fourth-order valence-electron chi connectivity index (χ4n) is 3.79. The van der Waals surface area contributed by atoms with Gasteiger partial charge in [0.15, 0.2) is 5.82 Å². The minimum Gasteiger partial charge on any atom is -0.496 e. The van der Waals surface area contributed by atoms with Crippen LogP contribution in [0.1, 0.15) is 0 Å². The molecule has 5 rings (SSSR count). The Bertz CT molecular complexity index is 1090. The van der Waals surface area contributed by atoms with Crippen molar-refractivity contribution in [3.8, 4) is 5.75 Å². The third-order valence-electron chi connectivity index (χ3n) is 5.12. The maximum absolute atomic E-state index is 5.53. The maximum atomic E-state index is 5.53. The van der Waals surface area contributed by atoms with Crippen molar-refractivity contribution in [3.63, 3.8) is 0 Å². The SMILES string of the molecule is COc1cccc2[nH]c3c(N4CCN(c5ccccn5)CC4)ncnc3c12. The minimum absolute atomic E-state index is 0.823. The average molecular weight is 360 g/mol. The zero-order valence-electron chi connectivity index (χ0n) is 15.1. The van der Waals surface area contributed by atoms with Crippen LogP contribution in [0.4, 0.5) is 11.6 Å². The predicted molar refractivity (Wildman–Crippen MR) is 107 cm³/mol. The highest BCUT2D eigenvalue weighted by molar-refractivity contribution is 6.11. The van der Waals surface area contributed by atoms with Crippen LogP contribution in [0, 0.1) is 0 Å². The van der Waals surface area contributed by atoms with Crippen LogP contribution in [0.15, 0.2) is 48.9 Å². The summed E-state index contributed by atoms with van der Waals surface area (Å²) in [5, 5.41) is 1.01. The van der Waals surface area contributed by atoms with Gasteiger partial charge < -0.3 is 19.5 Å². The lowest BCUT2D eigenvalue weighted by molar-refractivity contribution is 0.420. The molecule has 0 saturated carbocycles. The van der Waals surface area contributed by atoms with Crippen molar-refractivity contribution in [1.29, 1.82) is 0 Å². The number of pyridine rings is 1. The van der Waals surface area contributed by atoms with Crippen molar-refractivity contribution in [2.45, 2.75) is 0 Å². The second-order valence-electron chi connectivity index (χ2n) is 6.59. The van der Waals surface area contributed by atoms with E-state index in [0.29, 0.717) is 0 Å². The number of nitrogens with one attached hydrogen (secondary N) is 1. The number of aromatic amines is 1. The van der Waals surface area contributed by atoms with E-state index in [2.05, 4.69) is 35.8 Å². The number of hydrogen-bond acceptors (Lipinski definition) is 6. The first-order chi connectivity index (χ1) is 13.3. The molecule has 0 spiro atoms. The summed E-state index contributed by atoms with van der Waals surface area (Å²) >= 11 is 0. The van der Waals surface area contributed by atoms with Gasteiger partial charge in [0.05, 0.1) is 18.0 Å². The molecule has 4 aromatic rings. The second-order valence-corrected chi connectivity index (χ2v) is 6.59. The molecule has 1 N–H and O–H groups in total. The van der Waals surface area contributed by atoms with Gasteiger partial charge in [0.25, 0.3) is 0 Å². The number of methoxy groups -OCH3 is 1. The highest BCUT2D eigenvalue weighted by Gasteiger charge is 2.22. The van der Waals surface area contributed by atoms with Gasteiger partial charge in [-0.3, -0.25) is 0 Å². The first-order valence-corrected chi connectivity index (χ1v) is 9.05. The molecule has 1 aliphatic rings. The van der Waals surface area contributed by atoms with E-state index in [0.717, 1.165) is 65.5 Å². The van der Waals surface area contributed by atoms with E-state index in [4.69, 9.17) is 4.74 Å². The summed E-state index contributed by atoms with van der Waals surface area (Å²) in [7, 11) is 1.69. The van der Waals surface area contributed by atoms with Crippen LogP contribution >= 0.6 is 0 Å². The molecule has 136 valence electrons. The monoisotopic (exact) mass is 360 g/mol. The summed E-state index contributed by atoms with van der Waals surface area (Å²) in [6, 6.07) is 12.0.